The highest BCUT2D eigenvalue weighted by atomic mass is 35.5. The number of carbonyl (C=O) groups excluding carboxylic acids is 1. The Labute approximate surface area is 212 Å². The molecule has 0 aliphatic carbocycles. The summed E-state index contributed by atoms with van der Waals surface area (Å²) in [5.74, 6) is 0.105. The molecule has 0 fully saturated rings. The molecule has 0 saturated carbocycles. The van der Waals surface area contributed by atoms with Gasteiger partial charge in [0.15, 0.2) is 0 Å². The number of nitro benzene ring substituents is 1. The highest BCUT2D eigenvalue weighted by Crippen LogP contribution is 2.27. The minimum absolute atomic E-state index is 0.0927. The van der Waals surface area contributed by atoms with Crippen molar-refractivity contribution in [3.8, 4) is 5.69 Å². The Morgan fingerprint density at radius 1 is 1.14 bits per heavy atom. The van der Waals surface area contributed by atoms with E-state index in [2.05, 4.69) is 0 Å². The third-order valence-corrected chi connectivity index (χ3v) is 6.33. The van der Waals surface area contributed by atoms with Gasteiger partial charge >= 0.3 is 0 Å². The van der Waals surface area contributed by atoms with E-state index in [4.69, 9.17) is 16.6 Å². The van der Waals surface area contributed by atoms with E-state index < -0.39 is 11.0 Å². The van der Waals surface area contributed by atoms with Crippen LogP contribution in [0.3, 0.4) is 0 Å². The van der Waals surface area contributed by atoms with Crippen LogP contribution in [-0.2, 0) is 0 Å². The fourth-order valence-electron chi connectivity index (χ4n) is 4.28. The zero-order valence-corrected chi connectivity index (χ0v) is 20.9. The van der Waals surface area contributed by atoms with Gasteiger partial charge in [0.1, 0.15) is 5.82 Å². The molecule has 1 atom stereocenters. The summed E-state index contributed by atoms with van der Waals surface area (Å²) in [6.45, 7) is 6.05. The Hall–Kier alpha value is -4.04. The summed E-state index contributed by atoms with van der Waals surface area (Å²) in [5, 5.41) is 12.0. The molecule has 1 aromatic heterocycles. The third-order valence-electron chi connectivity index (χ3n) is 6.09. The van der Waals surface area contributed by atoms with E-state index in [0.717, 1.165) is 5.56 Å². The van der Waals surface area contributed by atoms with Crippen molar-refractivity contribution in [3.05, 3.63) is 109 Å². The van der Waals surface area contributed by atoms with Crippen LogP contribution in [0.2, 0.25) is 5.02 Å². The fraction of sp³-hybridized carbons (Fsp3) is 0.222. The van der Waals surface area contributed by atoms with Gasteiger partial charge in [0, 0.05) is 29.3 Å². The first-order valence-electron chi connectivity index (χ1n) is 11.6. The van der Waals surface area contributed by atoms with E-state index in [1.807, 2.05) is 26.8 Å². The molecular formula is C27H25ClN4O4. The molecule has 0 aliphatic rings. The number of aromatic nitrogens is 2. The molecule has 0 spiro atoms. The van der Waals surface area contributed by atoms with Crippen molar-refractivity contribution in [3.63, 3.8) is 0 Å². The highest BCUT2D eigenvalue weighted by molar-refractivity contribution is 6.30. The maximum Gasteiger partial charge on any atom is 0.269 e. The number of carbonyl (C=O) groups is 1. The summed E-state index contributed by atoms with van der Waals surface area (Å²) in [7, 11) is 0. The molecule has 0 radical (unpaired) electrons. The molecule has 4 rings (SSSR count). The van der Waals surface area contributed by atoms with Crippen LogP contribution in [-0.4, -0.2) is 31.8 Å². The number of para-hydroxylation sites is 1. The number of benzene rings is 3. The van der Waals surface area contributed by atoms with Crippen LogP contribution in [0.4, 0.5) is 5.69 Å². The van der Waals surface area contributed by atoms with Crippen LogP contribution in [0, 0.1) is 17.0 Å². The maximum absolute atomic E-state index is 13.7. The summed E-state index contributed by atoms with van der Waals surface area (Å²) >= 11 is 6.18. The number of non-ortho nitro benzene ring substituents is 1. The molecular weight excluding hydrogens is 480 g/mol. The summed E-state index contributed by atoms with van der Waals surface area (Å²) in [5.41, 5.74) is 1.93. The third kappa shape index (κ3) is 4.72. The number of aryl methyl sites for hydroxylation is 1. The Morgan fingerprint density at radius 3 is 2.47 bits per heavy atom. The molecule has 1 heterocycles. The van der Waals surface area contributed by atoms with Gasteiger partial charge < -0.3 is 4.90 Å². The minimum atomic E-state index is -0.583. The molecule has 1 unspecified atom stereocenters. The molecule has 0 saturated heterocycles. The Kier molecular flexibility index (Phi) is 7.17. The zero-order chi connectivity index (χ0) is 26.0. The summed E-state index contributed by atoms with van der Waals surface area (Å²) in [6.07, 6.45) is 0.668. The van der Waals surface area contributed by atoms with Gasteiger partial charge in [-0.2, -0.15) is 0 Å². The smallest absolute Gasteiger partial charge is 0.269 e. The summed E-state index contributed by atoms with van der Waals surface area (Å²) in [6, 6.07) is 17.3. The van der Waals surface area contributed by atoms with Crippen molar-refractivity contribution in [2.75, 3.05) is 6.54 Å². The van der Waals surface area contributed by atoms with E-state index in [-0.39, 0.29) is 17.2 Å². The molecule has 1 amide bonds. The Balaban J connectivity index is 1.89. The van der Waals surface area contributed by atoms with Crippen LogP contribution < -0.4 is 5.56 Å². The number of halogens is 1. The van der Waals surface area contributed by atoms with Gasteiger partial charge in [-0.25, -0.2) is 4.98 Å². The highest BCUT2D eigenvalue weighted by Gasteiger charge is 2.28. The number of rotatable bonds is 7. The normalized spacial score (nSPS) is 11.9. The molecule has 8 nitrogen and oxygen atoms in total. The van der Waals surface area contributed by atoms with Crippen LogP contribution in [0.1, 0.15) is 48.1 Å². The second kappa shape index (κ2) is 10.3. The van der Waals surface area contributed by atoms with Crippen molar-refractivity contribution in [1.29, 1.82) is 0 Å². The van der Waals surface area contributed by atoms with Crippen molar-refractivity contribution < 1.29 is 9.72 Å². The Morgan fingerprint density at radius 2 is 1.83 bits per heavy atom. The molecule has 0 bridgehead atoms. The molecule has 9 heteroatoms. The lowest BCUT2D eigenvalue weighted by molar-refractivity contribution is -0.384. The largest absolute Gasteiger partial charge is 0.329 e. The standard InChI is InChI=1S/C27H25ClN4O4/c1-4-15-30(26(33)19-9-12-21(13-10-19)32(35)36)18(3)25-29-23-8-6-5-7-22(23)27(34)31(25)24-14-11-20(28)16-17(24)2/h5-14,16,18H,4,15H2,1-3H3. The predicted octanol–water partition coefficient (Wildman–Crippen LogP) is 5.87. The van der Waals surface area contributed by atoms with Crippen molar-refractivity contribution >= 4 is 34.1 Å². The van der Waals surface area contributed by atoms with Crippen LogP contribution in [0.5, 0.6) is 0 Å². The first-order valence-corrected chi connectivity index (χ1v) is 11.9. The first kappa shape index (κ1) is 25.1. The van der Waals surface area contributed by atoms with E-state index >= 15 is 0 Å². The van der Waals surface area contributed by atoms with Gasteiger partial charge in [0.25, 0.3) is 17.2 Å². The molecule has 3 aromatic carbocycles. The van der Waals surface area contributed by atoms with Gasteiger partial charge in [0.2, 0.25) is 0 Å². The van der Waals surface area contributed by atoms with Crippen molar-refractivity contribution in [1.82, 2.24) is 14.5 Å². The number of nitrogens with zero attached hydrogens (tertiary/aromatic N) is 4. The topological polar surface area (TPSA) is 98.3 Å². The number of hydrogen-bond donors (Lipinski definition) is 0. The predicted molar refractivity (Wildman–Crippen MR) is 140 cm³/mol. The second-order valence-electron chi connectivity index (χ2n) is 8.54. The monoisotopic (exact) mass is 504 g/mol. The average Bonchev–Trinajstić information content (AvgIpc) is 2.87. The van der Waals surface area contributed by atoms with Gasteiger partial charge in [-0.15, -0.1) is 0 Å². The van der Waals surface area contributed by atoms with Crippen LogP contribution in [0.15, 0.2) is 71.5 Å². The van der Waals surface area contributed by atoms with Gasteiger partial charge in [0.05, 0.1) is 27.6 Å². The van der Waals surface area contributed by atoms with Gasteiger partial charge in [-0.1, -0.05) is 30.7 Å². The van der Waals surface area contributed by atoms with E-state index in [0.29, 0.717) is 46.0 Å². The van der Waals surface area contributed by atoms with E-state index in [1.165, 1.54) is 24.3 Å². The Bertz CT molecular complexity index is 1510. The van der Waals surface area contributed by atoms with E-state index in [1.54, 1.807) is 45.9 Å². The first-order chi connectivity index (χ1) is 17.2. The summed E-state index contributed by atoms with van der Waals surface area (Å²) in [4.78, 5) is 44.3. The lowest BCUT2D eigenvalue weighted by Gasteiger charge is -2.30. The lowest BCUT2D eigenvalue weighted by atomic mass is 10.1. The van der Waals surface area contributed by atoms with Crippen molar-refractivity contribution in [2.24, 2.45) is 0 Å². The van der Waals surface area contributed by atoms with E-state index in [9.17, 15) is 19.7 Å². The zero-order valence-electron chi connectivity index (χ0n) is 20.1. The number of nitro groups is 1. The summed E-state index contributed by atoms with van der Waals surface area (Å²) < 4.78 is 1.55. The minimum Gasteiger partial charge on any atom is -0.329 e. The van der Waals surface area contributed by atoms with Gasteiger partial charge in [-0.3, -0.25) is 24.3 Å². The van der Waals surface area contributed by atoms with Crippen LogP contribution in [0.25, 0.3) is 16.6 Å². The maximum atomic E-state index is 13.7. The number of amides is 1. The average molecular weight is 505 g/mol. The van der Waals surface area contributed by atoms with Gasteiger partial charge in [-0.05, 0) is 68.3 Å². The lowest BCUT2D eigenvalue weighted by Crippen LogP contribution is -2.38. The second-order valence-corrected chi connectivity index (χ2v) is 8.97. The van der Waals surface area contributed by atoms with Crippen molar-refractivity contribution in [2.45, 2.75) is 33.2 Å². The van der Waals surface area contributed by atoms with Crippen LogP contribution >= 0.6 is 11.6 Å². The molecule has 0 N–H and O–H groups in total. The fourth-order valence-corrected chi connectivity index (χ4v) is 4.50. The number of fused-ring (bicyclic) bond motifs is 1. The SMILES string of the molecule is CCCN(C(=O)c1ccc([N+](=O)[O-])cc1)C(C)c1nc2ccccc2c(=O)n1-c1ccc(Cl)cc1C. The molecule has 4 aromatic rings. The number of hydrogen-bond acceptors (Lipinski definition) is 5. The molecule has 184 valence electrons. The molecule has 0 aliphatic heterocycles. The molecule has 36 heavy (non-hydrogen) atoms. The quantitative estimate of drug-likeness (QED) is 0.231.